The number of halogens is 3. The predicted octanol–water partition coefficient (Wildman–Crippen LogP) is 4.10. The molecular formula is C14H11BrClFN2O. The zero-order valence-corrected chi connectivity index (χ0v) is 12.6. The summed E-state index contributed by atoms with van der Waals surface area (Å²) in [6.07, 6.45) is 0. The molecule has 6 heteroatoms. The fourth-order valence-corrected chi connectivity index (χ4v) is 2.37. The fourth-order valence-electron chi connectivity index (χ4n) is 1.70. The molecule has 2 aromatic carbocycles. The normalized spacial score (nSPS) is 10.3. The number of benzene rings is 2. The number of nitrogens with one attached hydrogen (secondary N) is 1. The average Bonchev–Trinajstić information content (AvgIpc) is 2.39. The van der Waals surface area contributed by atoms with Gasteiger partial charge in [0.25, 0.3) is 0 Å². The van der Waals surface area contributed by atoms with Crippen LogP contribution in [0.25, 0.3) is 0 Å². The average molecular weight is 358 g/mol. The lowest BCUT2D eigenvalue weighted by molar-refractivity contribution is 0.299. The van der Waals surface area contributed by atoms with Gasteiger partial charge in [0, 0.05) is 10.0 Å². The van der Waals surface area contributed by atoms with E-state index >= 15 is 0 Å². The van der Waals surface area contributed by atoms with E-state index in [2.05, 4.69) is 15.9 Å². The first-order valence-corrected chi connectivity index (χ1v) is 6.85. The van der Waals surface area contributed by atoms with Gasteiger partial charge in [0.05, 0.1) is 10.6 Å². The number of amidine groups is 1. The minimum Gasteiger partial charge on any atom is -0.488 e. The van der Waals surface area contributed by atoms with Crippen LogP contribution in [0.15, 0.2) is 40.9 Å². The number of nitrogen functional groups attached to an aromatic ring is 1. The van der Waals surface area contributed by atoms with Crippen LogP contribution in [-0.4, -0.2) is 5.84 Å². The molecule has 0 spiro atoms. The minimum atomic E-state index is -0.361. The molecule has 0 radical (unpaired) electrons. The molecule has 0 fully saturated rings. The summed E-state index contributed by atoms with van der Waals surface area (Å²) >= 11 is 9.25. The van der Waals surface area contributed by atoms with Gasteiger partial charge >= 0.3 is 0 Å². The van der Waals surface area contributed by atoms with Crippen molar-refractivity contribution >= 4 is 33.4 Å². The first-order chi connectivity index (χ1) is 9.49. The molecule has 0 bridgehead atoms. The topological polar surface area (TPSA) is 59.1 Å². The SMILES string of the molecule is N=C(N)c1c(Cl)cccc1OCc1cc(Br)ccc1F. The van der Waals surface area contributed by atoms with Crippen molar-refractivity contribution < 1.29 is 9.13 Å². The number of hydrogen-bond acceptors (Lipinski definition) is 2. The second-order valence-corrected chi connectivity index (χ2v) is 5.37. The van der Waals surface area contributed by atoms with Crippen molar-refractivity contribution in [1.82, 2.24) is 0 Å². The Morgan fingerprint density at radius 3 is 2.80 bits per heavy atom. The van der Waals surface area contributed by atoms with Crippen LogP contribution >= 0.6 is 27.5 Å². The molecule has 0 unspecified atom stereocenters. The minimum absolute atomic E-state index is 0.0197. The van der Waals surface area contributed by atoms with Gasteiger partial charge in [-0.15, -0.1) is 0 Å². The molecule has 0 atom stereocenters. The highest BCUT2D eigenvalue weighted by molar-refractivity contribution is 9.10. The molecule has 20 heavy (non-hydrogen) atoms. The number of rotatable bonds is 4. The Morgan fingerprint density at radius 2 is 2.10 bits per heavy atom. The Hall–Kier alpha value is -1.59. The maximum atomic E-state index is 13.6. The van der Waals surface area contributed by atoms with E-state index in [1.807, 2.05) is 0 Å². The third kappa shape index (κ3) is 3.29. The van der Waals surface area contributed by atoms with E-state index in [9.17, 15) is 4.39 Å². The molecule has 0 aliphatic heterocycles. The van der Waals surface area contributed by atoms with Crippen LogP contribution in [0.5, 0.6) is 5.75 Å². The molecule has 0 heterocycles. The van der Waals surface area contributed by atoms with Crippen molar-refractivity contribution in [3.8, 4) is 5.75 Å². The molecule has 0 aliphatic rings. The van der Waals surface area contributed by atoms with E-state index < -0.39 is 0 Å². The molecule has 0 saturated carbocycles. The molecule has 104 valence electrons. The molecule has 0 aromatic heterocycles. The Bertz CT molecular complexity index is 664. The number of nitrogens with two attached hydrogens (primary N) is 1. The lowest BCUT2D eigenvalue weighted by Crippen LogP contribution is -2.14. The smallest absolute Gasteiger partial charge is 0.132 e. The van der Waals surface area contributed by atoms with Gasteiger partial charge in [-0.25, -0.2) is 4.39 Å². The van der Waals surface area contributed by atoms with Gasteiger partial charge in [-0.3, -0.25) is 5.41 Å². The highest BCUT2D eigenvalue weighted by Crippen LogP contribution is 2.27. The maximum absolute atomic E-state index is 13.6. The van der Waals surface area contributed by atoms with Crippen LogP contribution in [0.2, 0.25) is 5.02 Å². The first-order valence-electron chi connectivity index (χ1n) is 5.68. The third-order valence-electron chi connectivity index (χ3n) is 2.64. The molecule has 3 nitrogen and oxygen atoms in total. The largest absolute Gasteiger partial charge is 0.488 e. The number of ether oxygens (including phenoxy) is 1. The lowest BCUT2D eigenvalue weighted by Gasteiger charge is -2.12. The lowest BCUT2D eigenvalue weighted by atomic mass is 10.2. The van der Waals surface area contributed by atoms with Crippen molar-refractivity contribution in [2.75, 3.05) is 0 Å². The summed E-state index contributed by atoms with van der Waals surface area (Å²) in [5.74, 6) is -0.204. The molecule has 0 amide bonds. The monoisotopic (exact) mass is 356 g/mol. The van der Waals surface area contributed by atoms with Gasteiger partial charge in [-0.05, 0) is 30.3 Å². The van der Waals surface area contributed by atoms with E-state index in [-0.39, 0.29) is 18.3 Å². The van der Waals surface area contributed by atoms with E-state index in [1.165, 1.54) is 6.07 Å². The van der Waals surface area contributed by atoms with Crippen LogP contribution in [-0.2, 0) is 6.61 Å². The summed E-state index contributed by atoms with van der Waals surface area (Å²) in [5.41, 5.74) is 6.18. The summed E-state index contributed by atoms with van der Waals surface area (Å²) in [6, 6.07) is 9.53. The van der Waals surface area contributed by atoms with Crippen molar-refractivity contribution in [3.63, 3.8) is 0 Å². The molecule has 3 N–H and O–H groups in total. The zero-order valence-electron chi connectivity index (χ0n) is 10.3. The van der Waals surface area contributed by atoms with Gasteiger partial charge in [-0.1, -0.05) is 33.6 Å². The number of hydrogen-bond donors (Lipinski definition) is 2. The van der Waals surface area contributed by atoms with Gasteiger partial charge in [-0.2, -0.15) is 0 Å². The summed E-state index contributed by atoms with van der Waals surface area (Å²) < 4.78 is 19.9. The summed E-state index contributed by atoms with van der Waals surface area (Å²) in [7, 11) is 0. The Balaban J connectivity index is 2.25. The Morgan fingerprint density at radius 1 is 1.35 bits per heavy atom. The molecule has 2 aromatic rings. The second-order valence-electron chi connectivity index (χ2n) is 4.05. The van der Waals surface area contributed by atoms with Gasteiger partial charge in [0.15, 0.2) is 0 Å². The van der Waals surface area contributed by atoms with Crippen molar-refractivity contribution in [3.05, 3.63) is 62.8 Å². The van der Waals surface area contributed by atoms with Crippen molar-refractivity contribution in [1.29, 1.82) is 5.41 Å². The second kappa shape index (κ2) is 6.24. The summed E-state index contributed by atoms with van der Waals surface area (Å²) in [6.45, 7) is 0.0197. The van der Waals surface area contributed by atoms with E-state index in [0.717, 1.165) is 4.47 Å². The first kappa shape index (κ1) is 14.8. The standard InChI is InChI=1S/C14H11BrClFN2O/c15-9-4-5-11(17)8(6-9)7-20-12-3-1-2-10(16)13(12)14(18)19/h1-6H,7H2,(H3,18,19). The molecule has 0 aliphatic carbocycles. The Kier molecular flexibility index (Phi) is 4.62. The fraction of sp³-hybridized carbons (Fsp3) is 0.0714. The van der Waals surface area contributed by atoms with Gasteiger partial charge in [0.1, 0.15) is 24.0 Å². The van der Waals surface area contributed by atoms with E-state index in [0.29, 0.717) is 21.9 Å². The Labute approximate surface area is 129 Å². The van der Waals surface area contributed by atoms with E-state index in [4.69, 9.17) is 27.5 Å². The third-order valence-corrected chi connectivity index (χ3v) is 3.44. The summed E-state index contributed by atoms with van der Waals surface area (Å²) in [5, 5.41) is 7.83. The van der Waals surface area contributed by atoms with Crippen LogP contribution in [0.4, 0.5) is 4.39 Å². The molecular weight excluding hydrogens is 347 g/mol. The quantitative estimate of drug-likeness (QED) is 0.639. The molecule has 2 rings (SSSR count). The highest BCUT2D eigenvalue weighted by atomic mass is 79.9. The highest BCUT2D eigenvalue weighted by Gasteiger charge is 2.12. The zero-order chi connectivity index (χ0) is 14.7. The van der Waals surface area contributed by atoms with Crippen LogP contribution in [0.1, 0.15) is 11.1 Å². The molecule has 0 saturated heterocycles. The van der Waals surface area contributed by atoms with Crippen LogP contribution in [0, 0.1) is 11.2 Å². The maximum Gasteiger partial charge on any atom is 0.132 e. The van der Waals surface area contributed by atoms with E-state index in [1.54, 1.807) is 30.3 Å². The van der Waals surface area contributed by atoms with Gasteiger partial charge < -0.3 is 10.5 Å². The van der Waals surface area contributed by atoms with Gasteiger partial charge in [0.2, 0.25) is 0 Å². The van der Waals surface area contributed by atoms with Crippen molar-refractivity contribution in [2.24, 2.45) is 5.73 Å². The van der Waals surface area contributed by atoms with Crippen LogP contribution < -0.4 is 10.5 Å². The van der Waals surface area contributed by atoms with Crippen molar-refractivity contribution in [2.45, 2.75) is 6.61 Å². The predicted molar refractivity (Wildman–Crippen MR) is 80.9 cm³/mol. The summed E-state index contributed by atoms with van der Waals surface area (Å²) in [4.78, 5) is 0. The van der Waals surface area contributed by atoms with Crippen LogP contribution in [0.3, 0.4) is 0 Å².